The van der Waals surface area contributed by atoms with Gasteiger partial charge in [0, 0.05) is 25.7 Å². The van der Waals surface area contributed by atoms with Gasteiger partial charge in [-0.15, -0.1) is 0 Å². The van der Waals surface area contributed by atoms with Crippen molar-refractivity contribution in [3.63, 3.8) is 0 Å². The minimum Gasteiger partial charge on any atom is -0.350 e. The lowest BCUT2D eigenvalue weighted by molar-refractivity contribution is -0.131. The monoisotopic (exact) mass is 313 g/mol. The largest absolute Gasteiger partial charge is 0.350 e. The van der Waals surface area contributed by atoms with Crippen LogP contribution >= 0.6 is 0 Å². The zero-order valence-electron chi connectivity index (χ0n) is 13.2. The van der Waals surface area contributed by atoms with Gasteiger partial charge >= 0.3 is 0 Å². The van der Waals surface area contributed by atoms with E-state index in [2.05, 4.69) is 9.88 Å². The van der Waals surface area contributed by atoms with E-state index in [9.17, 15) is 9.18 Å². The Kier molecular flexibility index (Phi) is 4.55. The first-order valence-electron chi connectivity index (χ1n) is 7.84. The third kappa shape index (κ3) is 3.67. The van der Waals surface area contributed by atoms with Crippen LogP contribution in [0, 0.1) is 5.95 Å². The lowest BCUT2D eigenvalue weighted by atomic mass is 10.1. The molecule has 120 valence electrons. The average molecular weight is 313 g/mol. The van der Waals surface area contributed by atoms with Crippen LogP contribution in [-0.4, -0.2) is 41.5 Å². The highest BCUT2D eigenvalue weighted by Gasteiger charge is 2.27. The number of nitrogens with zero attached hydrogens (tertiary/aromatic N) is 3. The molecule has 23 heavy (non-hydrogen) atoms. The normalized spacial score (nSPS) is 18.1. The molecule has 3 rings (SSSR count). The van der Waals surface area contributed by atoms with Gasteiger partial charge in [-0.3, -0.25) is 4.79 Å². The minimum absolute atomic E-state index is 0.109. The van der Waals surface area contributed by atoms with Crippen molar-refractivity contribution < 1.29 is 9.18 Å². The van der Waals surface area contributed by atoms with E-state index in [-0.39, 0.29) is 11.9 Å². The van der Waals surface area contributed by atoms with E-state index in [4.69, 9.17) is 0 Å². The molecular formula is C18H20FN3O. The van der Waals surface area contributed by atoms with Crippen molar-refractivity contribution in [1.29, 1.82) is 0 Å². The molecule has 0 bridgehead atoms. The van der Waals surface area contributed by atoms with Gasteiger partial charge in [0.25, 0.3) is 0 Å². The molecule has 4 nitrogen and oxygen atoms in total. The fraction of sp³-hybridized carbons (Fsp3) is 0.333. The van der Waals surface area contributed by atoms with Gasteiger partial charge in [-0.1, -0.05) is 36.4 Å². The molecule has 1 fully saturated rings. The standard InChI is InChI=1S/C18H20FN3O/c1-14-13-21(18(23)12-15-6-3-2-4-7-15)10-11-22(14)17-9-5-8-16(19)20-17/h2-9,14H,10-13H2,1H3. The number of piperazine rings is 1. The molecule has 0 saturated carbocycles. The molecule has 1 aromatic carbocycles. The predicted octanol–water partition coefficient (Wildman–Crippen LogP) is 2.50. The summed E-state index contributed by atoms with van der Waals surface area (Å²) >= 11 is 0. The lowest BCUT2D eigenvalue weighted by Gasteiger charge is -2.40. The van der Waals surface area contributed by atoms with E-state index < -0.39 is 5.95 Å². The summed E-state index contributed by atoms with van der Waals surface area (Å²) in [6.45, 7) is 3.96. The Bertz CT molecular complexity index is 677. The Morgan fingerprint density at radius 1 is 1.17 bits per heavy atom. The van der Waals surface area contributed by atoms with Gasteiger partial charge in [0.2, 0.25) is 11.9 Å². The number of pyridine rings is 1. The summed E-state index contributed by atoms with van der Waals surface area (Å²) < 4.78 is 13.3. The van der Waals surface area contributed by atoms with Crippen LogP contribution in [0.25, 0.3) is 0 Å². The Hall–Kier alpha value is -2.43. The number of benzene rings is 1. The zero-order valence-corrected chi connectivity index (χ0v) is 13.2. The molecule has 2 aromatic rings. The van der Waals surface area contributed by atoms with Gasteiger partial charge in [-0.05, 0) is 24.6 Å². The van der Waals surface area contributed by atoms with E-state index in [1.165, 1.54) is 6.07 Å². The Balaban J connectivity index is 1.63. The average Bonchev–Trinajstić information content (AvgIpc) is 2.55. The number of hydrogen-bond donors (Lipinski definition) is 0. The van der Waals surface area contributed by atoms with Crippen LogP contribution in [-0.2, 0) is 11.2 Å². The number of hydrogen-bond acceptors (Lipinski definition) is 3. The van der Waals surface area contributed by atoms with E-state index in [0.29, 0.717) is 31.9 Å². The molecule has 1 amide bonds. The molecule has 5 heteroatoms. The van der Waals surface area contributed by atoms with Gasteiger partial charge in [0.05, 0.1) is 6.42 Å². The van der Waals surface area contributed by atoms with Crippen LogP contribution in [0.5, 0.6) is 0 Å². The molecule has 0 N–H and O–H groups in total. The predicted molar refractivity (Wildman–Crippen MR) is 87.7 cm³/mol. The summed E-state index contributed by atoms with van der Waals surface area (Å²) in [5, 5.41) is 0. The van der Waals surface area contributed by atoms with Crippen molar-refractivity contribution in [3.8, 4) is 0 Å². The van der Waals surface area contributed by atoms with Crippen LogP contribution in [0.2, 0.25) is 0 Å². The smallest absolute Gasteiger partial charge is 0.227 e. The van der Waals surface area contributed by atoms with E-state index in [1.54, 1.807) is 12.1 Å². The second-order valence-electron chi connectivity index (χ2n) is 5.86. The highest BCUT2D eigenvalue weighted by molar-refractivity contribution is 5.79. The number of anilines is 1. The highest BCUT2D eigenvalue weighted by Crippen LogP contribution is 2.19. The van der Waals surface area contributed by atoms with Crippen LogP contribution in [0.1, 0.15) is 12.5 Å². The number of rotatable bonds is 3. The first-order valence-corrected chi connectivity index (χ1v) is 7.84. The van der Waals surface area contributed by atoms with Crippen molar-refractivity contribution in [1.82, 2.24) is 9.88 Å². The number of aromatic nitrogens is 1. The highest BCUT2D eigenvalue weighted by atomic mass is 19.1. The molecular weight excluding hydrogens is 293 g/mol. The molecule has 0 radical (unpaired) electrons. The van der Waals surface area contributed by atoms with Crippen molar-refractivity contribution in [2.45, 2.75) is 19.4 Å². The van der Waals surface area contributed by atoms with Crippen LogP contribution in [0.3, 0.4) is 0 Å². The second kappa shape index (κ2) is 6.77. The summed E-state index contributed by atoms with van der Waals surface area (Å²) in [7, 11) is 0. The van der Waals surface area contributed by atoms with Crippen molar-refractivity contribution >= 4 is 11.7 Å². The fourth-order valence-electron chi connectivity index (χ4n) is 2.96. The summed E-state index contributed by atoms with van der Waals surface area (Å²) in [5.74, 6) is 0.292. The molecule has 0 aliphatic carbocycles. The molecule has 1 atom stereocenters. The van der Waals surface area contributed by atoms with Crippen LogP contribution in [0.4, 0.5) is 10.2 Å². The summed E-state index contributed by atoms with van der Waals surface area (Å²) in [6.07, 6.45) is 0.422. The number of carbonyl (C=O) groups excluding carboxylic acids is 1. The first kappa shape index (κ1) is 15.5. The van der Waals surface area contributed by atoms with E-state index in [0.717, 1.165) is 5.56 Å². The lowest BCUT2D eigenvalue weighted by Crippen LogP contribution is -2.54. The number of halogens is 1. The maximum absolute atomic E-state index is 13.3. The summed E-state index contributed by atoms with van der Waals surface area (Å²) in [5.41, 5.74) is 1.03. The maximum atomic E-state index is 13.3. The maximum Gasteiger partial charge on any atom is 0.227 e. The van der Waals surface area contributed by atoms with E-state index >= 15 is 0 Å². The van der Waals surface area contributed by atoms with Gasteiger partial charge < -0.3 is 9.80 Å². The molecule has 0 spiro atoms. The SMILES string of the molecule is CC1CN(C(=O)Cc2ccccc2)CCN1c1cccc(F)n1. The van der Waals surface area contributed by atoms with Gasteiger partial charge in [0.15, 0.2) is 0 Å². The molecule has 1 aromatic heterocycles. The Morgan fingerprint density at radius 2 is 1.96 bits per heavy atom. The molecule has 2 heterocycles. The number of carbonyl (C=O) groups is 1. The second-order valence-corrected chi connectivity index (χ2v) is 5.86. The molecule has 1 saturated heterocycles. The van der Waals surface area contributed by atoms with Gasteiger partial charge in [-0.2, -0.15) is 4.39 Å². The van der Waals surface area contributed by atoms with Crippen molar-refractivity contribution in [3.05, 3.63) is 60.0 Å². The first-order chi connectivity index (χ1) is 11.1. The Morgan fingerprint density at radius 3 is 2.65 bits per heavy atom. The molecule has 1 unspecified atom stereocenters. The summed E-state index contributed by atoms with van der Waals surface area (Å²) in [6, 6.07) is 14.7. The molecule has 1 aliphatic heterocycles. The van der Waals surface area contributed by atoms with Gasteiger partial charge in [-0.25, -0.2) is 4.98 Å². The third-order valence-corrected chi connectivity index (χ3v) is 4.17. The number of amides is 1. The van der Waals surface area contributed by atoms with Gasteiger partial charge in [0.1, 0.15) is 5.82 Å². The van der Waals surface area contributed by atoms with Crippen LogP contribution < -0.4 is 4.90 Å². The third-order valence-electron chi connectivity index (χ3n) is 4.17. The van der Waals surface area contributed by atoms with Crippen molar-refractivity contribution in [2.75, 3.05) is 24.5 Å². The minimum atomic E-state index is -0.475. The molecule has 1 aliphatic rings. The quantitative estimate of drug-likeness (QED) is 0.817. The fourth-order valence-corrected chi connectivity index (χ4v) is 2.96. The summed E-state index contributed by atoms with van der Waals surface area (Å²) in [4.78, 5) is 20.3. The van der Waals surface area contributed by atoms with Crippen LogP contribution in [0.15, 0.2) is 48.5 Å². The zero-order chi connectivity index (χ0) is 16.2. The van der Waals surface area contributed by atoms with Crippen molar-refractivity contribution in [2.24, 2.45) is 0 Å². The Labute approximate surface area is 135 Å². The topological polar surface area (TPSA) is 36.4 Å². The van der Waals surface area contributed by atoms with E-state index in [1.807, 2.05) is 42.2 Å².